The molecule has 4 atom stereocenters. The molecule has 0 spiro atoms. The van der Waals surface area contributed by atoms with Crippen molar-refractivity contribution in [3.8, 4) is 6.07 Å². The Balaban J connectivity index is 2.07. The molecule has 1 fully saturated rings. The average Bonchev–Trinajstić information content (AvgIpc) is 2.67. The quantitative estimate of drug-likeness (QED) is 0.383. The van der Waals surface area contributed by atoms with E-state index in [4.69, 9.17) is 4.74 Å². The maximum Gasteiger partial charge on any atom is 0.302 e. The summed E-state index contributed by atoms with van der Waals surface area (Å²) < 4.78 is 5.53. The van der Waals surface area contributed by atoms with Gasteiger partial charge in [0.2, 0.25) is 0 Å². The van der Waals surface area contributed by atoms with E-state index in [1.54, 1.807) is 0 Å². The molecule has 0 saturated carbocycles. The number of rotatable bonds is 4. The Bertz CT molecular complexity index is 776. The third-order valence-electron chi connectivity index (χ3n) is 4.74. The molecule has 1 saturated heterocycles. The summed E-state index contributed by atoms with van der Waals surface area (Å²) in [6.07, 6.45) is 0.828. The lowest BCUT2D eigenvalue weighted by molar-refractivity contribution is -0.142. The van der Waals surface area contributed by atoms with Crippen LogP contribution in [0.4, 0.5) is 5.69 Å². The summed E-state index contributed by atoms with van der Waals surface area (Å²) in [6, 6.07) is 22.5. The molecule has 134 valence electrons. The van der Waals surface area contributed by atoms with Gasteiger partial charge in [0.25, 0.3) is 0 Å². The second-order valence-electron chi connectivity index (χ2n) is 6.49. The van der Waals surface area contributed by atoms with Gasteiger partial charge in [-0.15, -0.1) is 0 Å². The predicted octanol–water partition coefficient (Wildman–Crippen LogP) is 4.51. The first-order valence-electron chi connectivity index (χ1n) is 8.67. The molecule has 2 aromatic carbocycles. The number of anilines is 1. The van der Waals surface area contributed by atoms with Crippen LogP contribution >= 0.6 is 22.6 Å². The van der Waals surface area contributed by atoms with Crippen molar-refractivity contribution in [3.63, 3.8) is 0 Å². The van der Waals surface area contributed by atoms with Crippen molar-refractivity contribution in [1.29, 1.82) is 5.26 Å². The van der Waals surface area contributed by atoms with Crippen molar-refractivity contribution in [2.45, 2.75) is 29.4 Å². The standard InChI is InChI=1S/C21H21IN2O2/c1-15(25)26-14-17-12-19(22)20(13-23)24(18-10-6-3-7-11-18)21(17)16-8-4-2-5-9-16/h2-11,17,19-21H,12,14H2,1H3/t17-,19+,20-,21-/m1/s1. The molecule has 0 aromatic heterocycles. The molecule has 4 nitrogen and oxygen atoms in total. The number of benzene rings is 2. The van der Waals surface area contributed by atoms with Crippen molar-refractivity contribution < 1.29 is 9.53 Å². The monoisotopic (exact) mass is 460 g/mol. The summed E-state index contributed by atoms with van der Waals surface area (Å²) in [5, 5.41) is 9.88. The van der Waals surface area contributed by atoms with Crippen molar-refractivity contribution in [1.82, 2.24) is 0 Å². The normalized spacial score (nSPS) is 25.3. The topological polar surface area (TPSA) is 53.3 Å². The number of carbonyl (C=O) groups is 1. The van der Waals surface area contributed by atoms with Gasteiger partial charge in [0.15, 0.2) is 0 Å². The third-order valence-corrected chi connectivity index (χ3v) is 5.93. The molecule has 1 heterocycles. The van der Waals surface area contributed by atoms with Crippen LogP contribution in [0.15, 0.2) is 60.7 Å². The number of para-hydroxylation sites is 1. The first-order valence-corrected chi connectivity index (χ1v) is 9.91. The van der Waals surface area contributed by atoms with E-state index >= 15 is 0 Å². The van der Waals surface area contributed by atoms with Gasteiger partial charge >= 0.3 is 5.97 Å². The van der Waals surface area contributed by atoms with Gasteiger partial charge in [-0.1, -0.05) is 71.1 Å². The SMILES string of the molecule is CC(=O)OC[C@H]1C[C@H](I)[C@@H](C#N)N(c2ccccc2)[C@@H]1c1ccccc1. The fourth-order valence-electron chi connectivity index (χ4n) is 3.65. The number of ether oxygens (including phenoxy) is 1. The molecule has 0 bridgehead atoms. The van der Waals surface area contributed by atoms with Crippen LogP contribution in [0.3, 0.4) is 0 Å². The third kappa shape index (κ3) is 4.01. The Kier molecular flexibility index (Phi) is 6.15. The van der Waals surface area contributed by atoms with Crippen molar-refractivity contribution >= 4 is 34.2 Å². The number of carbonyl (C=O) groups excluding carboxylic acids is 1. The molecule has 1 aliphatic rings. The highest BCUT2D eigenvalue weighted by molar-refractivity contribution is 14.1. The lowest BCUT2D eigenvalue weighted by atomic mass is 9.81. The summed E-state index contributed by atoms with van der Waals surface area (Å²) in [7, 11) is 0. The van der Waals surface area contributed by atoms with Crippen LogP contribution in [0.25, 0.3) is 0 Å². The number of nitriles is 1. The van der Waals surface area contributed by atoms with Gasteiger partial charge in [0.1, 0.15) is 6.04 Å². The summed E-state index contributed by atoms with van der Waals surface area (Å²) in [4.78, 5) is 13.6. The number of piperidine rings is 1. The number of esters is 1. The van der Waals surface area contributed by atoms with Gasteiger partial charge < -0.3 is 9.64 Å². The Hall–Kier alpha value is -2.07. The largest absolute Gasteiger partial charge is 0.465 e. The molecule has 2 aromatic rings. The number of halogens is 1. The van der Waals surface area contributed by atoms with Gasteiger partial charge in [-0.05, 0) is 24.1 Å². The zero-order valence-corrected chi connectivity index (χ0v) is 16.7. The molecule has 1 aliphatic heterocycles. The first-order chi connectivity index (χ1) is 12.6. The number of nitrogens with zero attached hydrogens (tertiary/aromatic N) is 2. The molecule has 5 heteroatoms. The van der Waals surface area contributed by atoms with E-state index in [0.717, 1.165) is 17.7 Å². The van der Waals surface area contributed by atoms with Gasteiger partial charge in [-0.25, -0.2) is 0 Å². The maximum atomic E-state index is 11.4. The van der Waals surface area contributed by atoms with Gasteiger partial charge in [0.05, 0.1) is 18.7 Å². The van der Waals surface area contributed by atoms with Crippen LogP contribution in [-0.4, -0.2) is 22.5 Å². The minimum absolute atomic E-state index is 0.0198. The van der Waals surface area contributed by atoms with Crippen molar-refractivity contribution in [2.75, 3.05) is 11.5 Å². The fourth-order valence-corrected chi connectivity index (χ4v) is 4.81. The minimum Gasteiger partial charge on any atom is -0.465 e. The lowest BCUT2D eigenvalue weighted by Gasteiger charge is -2.47. The smallest absolute Gasteiger partial charge is 0.302 e. The van der Waals surface area contributed by atoms with E-state index in [9.17, 15) is 10.1 Å². The van der Waals surface area contributed by atoms with Crippen molar-refractivity contribution in [2.24, 2.45) is 5.92 Å². The summed E-state index contributed by atoms with van der Waals surface area (Å²) in [5.74, 6) is -0.150. The highest BCUT2D eigenvalue weighted by Gasteiger charge is 2.43. The molecule has 0 N–H and O–H groups in total. The fraction of sp³-hybridized carbons (Fsp3) is 0.333. The number of hydrogen-bond acceptors (Lipinski definition) is 4. The van der Waals surface area contributed by atoms with E-state index in [1.165, 1.54) is 6.92 Å². The van der Waals surface area contributed by atoms with Gasteiger partial charge in [0, 0.05) is 22.5 Å². The minimum atomic E-state index is -0.268. The molecular formula is C21H21IN2O2. The molecule has 3 rings (SSSR count). The summed E-state index contributed by atoms with van der Waals surface area (Å²) in [6.45, 7) is 1.80. The van der Waals surface area contributed by atoms with Crippen LogP contribution in [-0.2, 0) is 9.53 Å². The van der Waals surface area contributed by atoms with E-state index in [1.807, 2.05) is 48.5 Å². The summed E-state index contributed by atoms with van der Waals surface area (Å²) in [5.41, 5.74) is 2.15. The number of hydrogen-bond donors (Lipinski definition) is 0. The van der Waals surface area contributed by atoms with Crippen LogP contribution in [0.2, 0.25) is 0 Å². The molecule has 26 heavy (non-hydrogen) atoms. The Labute approximate surface area is 167 Å². The zero-order valence-electron chi connectivity index (χ0n) is 14.6. The molecule has 0 unspecified atom stereocenters. The van der Waals surface area contributed by atoms with Crippen LogP contribution in [0, 0.1) is 17.2 Å². The van der Waals surface area contributed by atoms with Gasteiger partial charge in [-0.3, -0.25) is 4.79 Å². The molecule has 0 aliphatic carbocycles. The van der Waals surface area contributed by atoms with E-state index in [0.29, 0.717) is 6.61 Å². The highest BCUT2D eigenvalue weighted by atomic mass is 127. The zero-order chi connectivity index (χ0) is 18.5. The molecule has 0 radical (unpaired) electrons. The van der Waals surface area contributed by atoms with E-state index in [2.05, 4.69) is 45.7 Å². The Morgan fingerprint density at radius 1 is 1.19 bits per heavy atom. The summed E-state index contributed by atoms with van der Waals surface area (Å²) >= 11 is 2.36. The molecular weight excluding hydrogens is 439 g/mol. The Morgan fingerprint density at radius 3 is 2.38 bits per heavy atom. The predicted molar refractivity (Wildman–Crippen MR) is 110 cm³/mol. The van der Waals surface area contributed by atoms with Crippen LogP contribution < -0.4 is 4.90 Å². The second kappa shape index (κ2) is 8.54. The number of alkyl halides is 1. The first kappa shape index (κ1) is 18.7. The van der Waals surface area contributed by atoms with Crippen LogP contribution in [0.1, 0.15) is 24.9 Å². The van der Waals surface area contributed by atoms with Gasteiger partial charge in [-0.2, -0.15) is 5.26 Å². The highest BCUT2D eigenvalue weighted by Crippen LogP contribution is 2.44. The Morgan fingerprint density at radius 2 is 1.81 bits per heavy atom. The maximum absolute atomic E-state index is 11.4. The van der Waals surface area contributed by atoms with E-state index < -0.39 is 0 Å². The van der Waals surface area contributed by atoms with E-state index in [-0.39, 0.29) is 27.9 Å². The average molecular weight is 460 g/mol. The lowest BCUT2D eigenvalue weighted by Crippen LogP contribution is -2.52. The van der Waals surface area contributed by atoms with Crippen molar-refractivity contribution in [3.05, 3.63) is 66.2 Å². The second-order valence-corrected chi connectivity index (χ2v) is 8.09. The van der Waals surface area contributed by atoms with Crippen LogP contribution in [0.5, 0.6) is 0 Å². The molecule has 0 amide bonds.